The molecule has 214 valence electrons. The monoisotopic (exact) mass is 549 g/mol. The van der Waals surface area contributed by atoms with Crippen molar-refractivity contribution in [3.63, 3.8) is 0 Å². The Bertz CT molecular complexity index is 1190. The van der Waals surface area contributed by atoms with Gasteiger partial charge >= 0.3 is 0 Å². The highest BCUT2D eigenvalue weighted by atomic mass is 16.5. The second-order valence-electron chi connectivity index (χ2n) is 10.9. The summed E-state index contributed by atoms with van der Waals surface area (Å²) in [6, 6.07) is 16.0. The Morgan fingerprint density at radius 2 is 1.80 bits per heavy atom. The maximum atomic E-state index is 14.0. The molecule has 3 heterocycles. The molecule has 3 saturated heterocycles. The average Bonchev–Trinajstić information content (AvgIpc) is 3.61. The smallest absolute Gasteiger partial charge is 0.246 e. The summed E-state index contributed by atoms with van der Waals surface area (Å²) in [6.07, 6.45) is 3.88. The van der Waals surface area contributed by atoms with E-state index in [1.54, 1.807) is 29.2 Å². The number of unbranched alkanes of at least 4 members (excludes halogenated alkanes) is 3. The third-order valence-corrected chi connectivity index (χ3v) is 8.40. The van der Waals surface area contributed by atoms with Crippen LogP contribution in [-0.4, -0.2) is 65.2 Å². The second-order valence-corrected chi connectivity index (χ2v) is 10.9. The maximum Gasteiger partial charge on any atom is 0.246 e. The lowest BCUT2D eigenvalue weighted by Crippen LogP contribution is -2.55. The van der Waals surface area contributed by atoms with E-state index in [0.29, 0.717) is 56.8 Å². The van der Waals surface area contributed by atoms with Gasteiger partial charge in [0.2, 0.25) is 17.7 Å². The van der Waals surface area contributed by atoms with Crippen molar-refractivity contribution in [1.82, 2.24) is 10.2 Å². The van der Waals surface area contributed by atoms with Crippen LogP contribution in [-0.2, 0) is 25.7 Å². The molecule has 5 rings (SSSR count). The lowest BCUT2D eigenvalue weighted by atomic mass is 9.70. The molecule has 2 bridgehead atoms. The number of carbonyl (C=O) groups is 3. The molecule has 2 aromatic carbocycles. The number of hydrogen-bond acceptors (Lipinski definition) is 6. The molecule has 9 nitrogen and oxygen atoms in total. The Morgan fingerprint density at radius 3 is 2.52 bits per heavy atom. The van der Waals surface area contributed by atoms with Crippen LogP contribution in [0.5, 0.6) is 5.75 Å². The van der Waals surface area contributed by atoms with E-state index in [4.69, 9.17) is 14.6 Å². The van der Waals surface area contributed by atoms with E-state index in [-0.39, 0.29) is 24.3 Å². The van der Waals surface area contributed by atoms with Crippen LogP contribution in [0.15, 0.2) is 54.6 Å². The van der Waals surface area contributed by atoms with Gasteiger partial charge in [0.15, 0.2) is 0 Å². The van der Waals surface area contributed by atoms with Crippen molar-refractivity contribution in [3.05, 3.63) is 60.2 Å². The molecule has 3 aliphatic rings. The fourth-order valence-electron chi connectivity index (χ4n) is 6.65. The van der Waals surface area contributed by atoms with Gasteiger partial charge in [0, 0.05) is 25.4 Å². The van der Waals surface area contributed by atoms with E-state index in [0.717, 1.165) is 18.4 Å². The largest absolute Gasteiger partial charge is 0.494 e. The molecule has 0 aromatic heterocycles. The number of fused-ring (bicyclic) bond motifs is 1. The van der Waals surface area contributed by atoms with Crippen molar-refractivity contribution in [2.24, 2.45) is 11.8 Å². The van der Waals surface area contributed by atoms with E-state index in [1.807, 2.05) is 37.3 Å². The lowest BCUT2D eigenvalue weighted by molar-refractivity contribution is -0.141. The highest BCUT2D eigenvalue weighted by Gasteiger charge is 2.74. The number of ether oxygens (including phenoxy) is 2. The van der Waals surface area contributed by atoms with E-state index >= 15 is 0 Å². The topological polar surface area (TPSA) is 117 Å². The van der Waals surface area contributed by atoms with Crippen molar-refractivity contribution < 1.29 is 29.0 Å². The Kier molecular flexibility index (Phi) is 8.71. The Labute approximate surface area is 235 Å². The molecule has 0 saturated carbocycles. The summed E-state index contributed by atoms with van der Waals surface area (Å²) in [5.74, 6) is -1.36. The predicted molar refractivity (Wildman–Crippen MR) is 149 cm³/mol. The molecule has 0 aliphatic carbocycles. The predicted octanol–water partition coefficient (Wildman–Crippen LogP) is 3.27. The molecule has 3 N–H and O–H groups in total. The zero-order chi connectivity index (χ0) is 28.1. The second kappa shape index (κ2) is 12.4. The molecule has 3 amide bonds. The number of hydrogen-bond donors (Lipinski definition) is 3. The number of carbonyl (C=O) groups excluding carboxylic acids is 3. The van der Waals surface area contributed by atoms with Crippen LogP contribution in [0.1, 0.15) is 51.0 Å². The zero-order valence-electron chi connectivity index (χ0n) is 23.0. The van der Waals surface area contributed by atoms with Crippen LogP contribution in [0.4, 0.5) is 5.69 Å². The van der Waals surface area contributed by atoms with Crippen molar-refractivity contribution >= 4 is 23.4 Å². The Balaban J connectivity index is 1.35. The number of benzene rings is 2. The van der Waals surface area contributed by atoms with Crippen LogP contribution >= 0.6 is 0 Å². The summed E-state index contributed by atoms with van der Waals surface area (Å²) in [5.41, 5.74) is 0.566. The summed E-state index contributed by atoms with van der Waals surface area (Å²) >= 11 is 0. The molecule has 2 unspecified atom stereocenters. The van der Waals surface area contributed by atoms with Crippen LogP contribution in [0.3, 0.4) is 0 Å². The van der Waals surface area contributed by atoms with Crippen LogP contribution < -0.4 is 15.4 Å². The number of aliphatic hydroxyl groups is 1. The number of nitrogens with zero attached hydrogens (tertiary/aromatic N) is 1. The van der Waals surface area contributed by atoms with Gasteiger partial charge in [-0.25, -0.2) is 0 Å². The molecule has 3 aliphatic heterocycles. The van der Waals surface area contributed by atoms with Gasteiger partial charge in [0.05, 0.1) is 24.5 Å². The van der Waals surface area contributed by atoms with Gasteiger partial charge in [-0.1, -0.05) is 43.2 Å². The Hall–Kier alpha value is -3.43. The zero-order valence-corrected chi connectivity index (χ0v) is 23.0. The first-order valence-electron chi connectivity index (χ1n) is 14.4. The van der Waals surface area contributed by atoms with Crippen LogP contribution in [0.25, 0.3) is 0 Å². The van der Waals surface area contributed by atoms with Crippen LogP contribution in [0, 0.1) is 11.8 Å². The van der Waals surface area contributed by atoms with E-state index in [1.165, 1.54) is 0 Å². The van der Waals surface area contributed by atoms with Gasteiger partial charge in [0.25, 0.3) is 0 Å². The third kappa shape index (κ3) is 5.45. The molecule has 40 heavy (non-hydrogen) atoms. The summed E-state index contributed by atoms with van der Waals surface area (Å²) in [7, 11) is 0. The number of likely N-dealkylation sites (tertiary alicyclic amines) is 1. The fraction of sp³-hybridized carbons (Fsp3) is 0.516. The van der Waals surface area contributed by atoms with Gasteiger partial charge in [-0.2, -0.15) is 0 Å². The van der Waals surface area contributed by atoms with Crippen molar-refractivity contribution in [2.75, 3.05) is 25.1 Å². The minimum absolute atomic E-state index is 0.138. The molecule has 0 radical (unpaired) electrons. The fourth-order valence-corrected chi connectivity index (χ4v) is 6.65. The molecular formula is C31H39N3O6. The molecule has 1 spiro atoms. The van der Waals surface area contributed by atoms with Crippen molar-refractivity contribution in [3.8, 4) is 5.75 Å². The Morgan fingerprint density at radius 1 is 1.05 bits per heavy atom. The highest BCUT2D eigenvalue weighted by molar-refractivity contribution is 6.02. The average molecular weight is 550 g/mol. The summed E-state index contributed by atoms with van der Waals surface area (Å²) in [5, 5.41) is 15.1. The van der Waals surface area contributed by atoms with E-state index < -0.39 is 29.6 Å². The van der Waals surface area contributed by atoms with Gasteiger partial charge < -0.3 is 30.1 Å². The number of rotatable bonds is 13. The van der Waals surface area contributed by atoms with E-state index in [9.17, 15) is 14.4 Å². The standard InChI is InChI=1S/C31H39N3O6/c1-2-39-23-14-12-22(13-15-23)33-28(36)25-24-16-17-31(40-24)26(25)30(38)34(18-8-3-4-9-19-35)27(31)29(37)32-20-21-10-6-5-7-11-21/h5-7,10-15,24-27,35H,2-4,8-9,16-20H2,1H3,(H,32,37)(H,33,36)/t24-,25+,26-,27?,31?/m0/s1. The first-order chi connectivity index (χ1) is 19.5. The number of aliphatic hydroxyl groups excluding tert-OH is 1. The van der Waals surface area contributed by atoms with Crippen molar-refractivity contribution in [1.29, 1.82) is 0 Å². The third-order valence-electron chi connectivity index (χ3n) is 8.40. The normalized spacial score (nSPS) is 26.6. The number of amides is 3. The first kappa shape index (κ1) is 28.1. The minimum atomic E-state index is -1.02. The molecule has 5 atom stereocenters. The molecule has 3 fully saturated rings. The first-order valence-corrected chi connectivity index (χ1v) is 14.4. The van der Waals surface area contributed by atoms with Gasteiger partial charge in [0.1, 0.15) is 17.4 Å². The van der Waals surface area contributed by atoms with Gasteiger partial charge in [-0.15, -0.1) is 0 Å². The minimum Gasteiger partial charge on any atom is -0.494 e. The van der Waals surface area contributed by atoms with E-state index in [2.05, 4.69) is 10.6 Å². The quantitative estimate of drug-likeness (QED) is 0.330. The number of anilines is 1. The number of nitrogens with one attached hydrogen (secondary N) is 2. The summed E-state index contributed by atoms with van der Waals surface area (Å²) < 4.78 is 12.0. The lowest BCUT2D eigenvalue weighted by Gasteiger charge is -2.33. The molecular weight excluding hydrogens is 510 g/mol. The van der Waals surface area contributed by atoms with Gasteiger partial charge in [-0.05, 0) is 62.4 Å². The SMILES string of the molecule is CCOc1ccc(NC(=O)[C@@H]2[C@@H]3CCC4(O3)C(C(=O)NCc3ccccc3)N(CCCCCCO)C(=O)[C@H]24)cc1. The van der Waals surface area contributed by atoms with Crippen molar-refractivity contribution in [2.45, 2.75) is 69.7 Å². The van der Waals surface area contributed by atoms with Gasteiger partial charge in [-0.3, -0.25) is 14.4 Å². The van der Waals surface area contributed by atoms with Crippen LogP contribution in [0.2, 0.25) is 0 Å². The molecule has 2 aromatic rings. The summed E-state index contributed by atoms with van der Waals surface area (Å²) in [6.45, 7) is 3.36. The maximum absolute atomic E-state index is 14.0. The summed E-state index contributed by atoms with van der Waals surface area (Å²) in [4.78, 5) is 43.0. The molecule has 9 heteroatoms. The highest BCUT2D eigenvalue weighted by Crippen LogP contribution is 2.58.